The molecule has 0 fully saturated rings. The first-order valence-corrected chi connectivity index (χ1v) is 25.0. The summed E-state index contributed by atoms with van der Waals surface area (Å²) < 4.78 is 4.84. The van der Waals surface area contributed by atoms with Crippen LogP contribution in [0.3, 0.4) is 0 Å². The molecule has 11 aromatic carbocycles. The van der Waals surface area contributed by atoms with Crippen LogP contribution in [0.2, 0.25) is 0 Å². The van der Waals surface area contributed by atoms with E-state index in [4.69, 9.17) is 0 Å². The number of benzene rings is 11. The number of hydrogen-bond acceptors (Lipinski definition) is 2. The van der Waals surface area contributed by atoms with Gasteiger partial charge in [0, 0.05) is 72.3 Å². The zero-order valence-corrected chi connectivity index (χ0v) is 39.6. The Morgan fingerprint density at radius 2 is 0.764 bits per heavy atom. The van der Waals surface area contributed by atoms with Gasteiger partial charge in [-0.25, -0.2) is 0 Å². The number of fused-ring (bicyclic) bond motifs is 8. The van der Waals surface area contributed by atoms with Crippen LogP contribution >= 0.6 is 0 Å². The highest BCUT2D eigenvalue weighted by atomic mass is 15.2. The molecule has 0 amide bonds. The second kappa shape index (κ2) is 17.2. The third kappa shape index (κ3) is 6.91. The first kappa shape index (κ1) is 41.6. The highest BCUT2D eigenvalue weighted by Crippen LogP contribution is 2.45. The minimum atomic E-state index is 1.01. The van der Waals surface area contributed by atoms with Crippen LogP contribution in [0.4, 0.5) is 34.1 Å². The third-order valence-corrected chi connectivity index (χ3v) is 14.7. The van der Waals surface area contributed by atoms with Crippen molar-refractivity contribution in [3.8, 4) is 22.5 Å². The monoisotopic (exact) mass is 920 g/mol. The Kier molecular flexibility index (Phi) is 9.95. The molecule has 13 aromatic rings. The average molecular weight is 921 g/mol. The van der Waals surface area contributed by atoms with Crippen LogP contribution in [0, 0.1) is 0 Å². The van der Waals surface area contributed by atoms with E-state index in [0.29, 0.717) is 0 Å². The molecule has 1 aliphatic carbocycles. The summed E-state index contributed by atoms with van der Waals surface area (Å²) in [5.74, 6) is 0. The van der Waals surface area contributed by atoms with E-state index < -0.39 is 0 Å². The van der Waals surface area contributed by atoms with Gasteiger partial charge in [-0.2, -0.15) is 0 Å². The lowest BCUT2D eigenvalue weighted by Crippen LogP contribution is -2.11. The molecule has 0 spiro atoms. The van der Waals surface area contributed by atoms with Gasteiger partial charge in [-0.15, -0.1) is 0 Å². The van der Waals surface area contributed by atoms with Gasteiger partial charge < -0.3 is 18.9 Å². The number of allylic oxidation sites excluding steroid dienone is 1. The van der Waals surface area contributed by atoms with Gasteiger partial charge in [0.1, 0.15) is 0 Å². The summed E-state index contributed by atoms with van der Waals surface area (Å²) in [5.41, 5.74) is 17.7. The SMILES string of the molecule is C1=Cc2c(n(-c3ccccc3)c3ccc(N(c4ccc(-c5ccc(N(c6ccc7c(c6)c6ccccc6n7-c6ccccc6)c6cccc7ccccc67)cc5)cc4)c4cccc5ccccc45)cc23)CC1. The molecule has 0 saturated carbocycles. The molecule has 2 aromatic heterocycles. The average Bonchev–Trinajstić information content (AvgIpc) is 3.96. The van der Waals surface area contributed by atoms with E-state index >= 15 is 0 Å². The normalized spacial score (nSPS) is 12.3. The van der Waals surface area contributed by atoms with E-state index in [0.717, 1.165) is 63.8 Å². The summed E-state index contributed by atoms with van der Waals surface area (Å²) in [7, 11) is 0. The molecule has 0 unspecified atom stereocenters. The smallest absolute Gasteiger partial charge is 0.0542 e. The molecule has 340 valence electrons. The van der Waals surface area contributed by atoms with E-state index in [9.17, 15) is 0 Å². The first-order chi connectivity index (χ1) is 35.7. The fourth-order valence-corrected chi connectivity index (χ4v) is 11.4. The molecule has 4 nitrogen and oxygen atoms in total. The van der Waals surface area contributed by atoms with E-state index in [-0.39, 0.29) is 0 Å². The summed E-state index contributed by atoms with van der Waals surface area (Å²) in [4.78, 5) is 4.85. The fourth-order valence-electron chi connectivity index (χ4n) is 11.4. The summed E-state index contributed by atoms with van der Waals surface area (Å²) in [6.45, 7) is 0. The number of anilines is 6. The van der Waals surface area contributed by atoms with Gasteiger partial charge >= 0.3 is 0 Å². The highest BCUT2D eigenvalue weighted by molar-refractivity contribution is 6.11. The van der Waals surface area contributed by atoms with Gasteiger partial charge in [0.15, 0.2) is 0 Å². The topological polar surface area (TPSA) is 16.3 Å². The maximum Gasteiger partial charge on any atom is 0.0542 e. The van der Waals surface area contributed by atoms with Crippen molar-refractivity contribution in [1.82, 2.24) is 9.13 Å². The first-order valence-electron chi connectivity index (χ1n) is 25.0. The standard InChI is InChI=1S/C68H48N4/c1-3-21-51(22-4-1)71-65-29-13-11-27-59(65)61-45-55(41-43-67(61)71)69(63-31-15-19-49-17-7-9-25-57(49)63)53-37-33-47(34-38-53)48-35-39-54(40-36-48)70(64-32-16-20-50-18-8-10-26-58(50)64)56-42-44-68-62(46-56)60-28-12-14-30-66(60)72(68)52-23-5-2-6-24-52/h1-13,15-29,31-46H,14,30H2. The molecule has 0 bridgehead atoms. The van der Waals surface area contributed by atoms with Crippen LogP contribution in [-0.4, -0.2) is 9.13 Å². The number of aromatic nitrogens is 2. The van der Waals surface area contributed by atoms with Gasteiger partial charge in [0.25, 0.3) is 0 Å². The van der Waals surface area contributed by atoms with Crippen molar-refractivity contribution in [1.29, 1.82) is 0 Å². The van der Waals surface area contributed by atoms with E-state index in [1.54, 1.807) is 0 Å². The lowest BCUT2D eigenvalue weighted by Gasteiger charge is -2.28. The summed E-state index contributed by atoms with van der Waals surface area (Å²) >= 11 is 0. The highest BCUT2D eigenvalue weighted by Gasteiger charge is 2.23. The zero-order chi connectivity index (χ0) is 47.5. The number of rotatable bonds is 9. The summed E-state index contributed by atoms with van der Waals surface area (Å²) in [6, 6.07) is 93.1. The van der Waals surface area contributed by atoms with Crippen LogP contribution < -0.4 is 9.80 Å². The fraction of sp³-hybridized carbons (Fsp3) is 0.0294. The second-order valence-corrected chi connectivity index (χ2v) is 18.8. The van der Waals surface area contributed by atoms with Gasteiger partial charge in [0.2, 0.25) is 0 Å². The van der Waals surface area contributed by atoms with Gasteiger partial charge in [-0.05, 0) is 138 Å². The minimum absolute atomic E-state index is 1.01. The van der Waals surface area contributed by atoms with E-state index in [1.165, 1.54) is 71.2 Å². The molecule has 0 aliphatic heterocycles. The van der Waals surface area contributed by atoms with Crippen molar-refractivity contribution >= 4 is 94.5 Å². The van der Waals surface area contributed by atoms with Gasteiger partial charge in [-0.3, -0.25) is 0 Å². The van der Waals surface area contributed by atoms with Crippen LogP contribution in [-0.2, 0) is 6.42 Å². The molecule has 2 heterocycles. The predicted molar refractivity (Wildman–Crippen MR) is 305 cm³/mol. The van der Waals surface area contributed by atoms with Crippen LogP contribution in [0.25, 0.3) is 82.8 Å². The molecule has 4 heteroatoms. The van der Waals surface area contributed by atoms with Crippen LogP contribution in [0.15, 0.2) is 261 Å². The molecule has 0 N–H and O–H groups in total. The quantitative estimate of drug-likeness (QED) is 0.143. The van der Waals surface area contributed by atoms with E-state index in [2.05, 4.69) is 286 Å². The van der Waals surface area contributed by atoms with Crippen molar-refractivity contribution in [3.05, 3.63) is 272 Å². The van der Waals surface area contributed by atoms with E-state index in [1.807, 2.05) is 0 Å². The molecule has 14 rings (SSSR count). The Morgan fingerprint density at radius 3 is 1.35 bits per heavy atom. The molecular formula is C68H48N4. The van der Waals surface area contributed by atoms with Gasteiger partial charge in [0.05, 0.1) is 27.9 Å². The number of nitrogens with zero attached hydrogens (tertiary/aromatic N) is 4. The molecule has 1 aliphatic rings. The Balaban J connectivity index is 0.866. The minimum Gasteiger partial charge on any atom is -0.313 e. The van der Waals surface area contributed by atoms with Crippen molar-refractivity contribution in [2.75, 3.05) is 9.80 Å². The number of para-hydroxylation sites is 3. The number of hydrogen-bond donors (Lipinski definition) is 0. The van der Waals surface area contributed by atoms with Crippen molar-refractivity contribution in [2.24, 2.45) is 0 Å². The predicted octanol–water partition coefficient (Wildman–Crippen LogP) is 18.6. The Morgan fingerprint density at radius 1 is 0.319 bits per heavy atom. The Hall–Kier alpha value is -9.38. The molecule has 0 radical (unpaired) electrons. The van der Waals surface area contributed by atoms with Crippen molar-refractivity contribution in [3.63, 3.8) is 0 Å². The molecule has 0 saturated heterocycles. The van der Waals surface area contributed by atoms with Crippen LogP contribution in [0.1, 0.15) is 17.7 Å². The zero-order valence-electron chi connectivity index (χ0n) is 39.6. The summed E-state index contributed by atoms with van der Waals surface area (Å²) in [6.07, 6.45) is 6.71. The third-order valence-electron chi connectivity index (χ3n) is 14.7. The second-order valence-electron chi connectivity index (χ2n) is 18.8. The maximum atomic E-state index is 2.46. The molecular weight excluding hydrogens is 873 g/mol. The van der Waals surface area contributed by atoms with Crippen molar-refractivity contribution in [2.45, 2.75) is 12.8 Å². The maximum absolute atomic E-state index is 2.46. The molecule has 0 atom stereocenters. The largest absolute Gasteiger partial charge is 0.313 e. The van der Waals surface area contributed by atoms with Crippen molar-refractivity contribution < 1.29 is 0 Å². The summed E-state index contributed by atoms with van der Waals surface area (Å²) in [5, 5.41) is 8.54. The molecule has 72 heavy (non-hydrogen) atoms. The van der Waals surface area contributed by atoms with Gasteiger partial charge in [-0.1, -0.05) is 164 Å². The Labute approximate surface area is 418 Å². The lowest BCUT2D eigenvalue weighted by molar-refractivity contribution is 0.888. The van der Waals surface area contributed by atoms with Crippen LogP contribution in [0.5, 0.6) is 0 Å². The Bertz CT molecular complexity index is 4190. The lowest BCUT2D eigenvalue weighted by atomic mass is 10.0.